The maximum atomic E-state index is 10.3. The fourth-order valence-electron chi connectivity index (χ4n) is 5.63. The standard InChI is InChI=1S/C17H30O/c1-11-4-6-13-12(10-11)5-8-15-14(13)7-9-16(18)17(15,2)3/h11-16,18H,4-10H2,1-3H3. The van der Waals surface area contributed by atoms with Gasteiger partial charge in [-0.15, -0.1) is 0 Å². The van der Waals surface area contributed by atoms with Crippen LogP contribution in [0.2, 0.25) is 0 Å². The number of rotatable bonds is 0. The zero-order valence-electron chi connectivity index (χ0n) is 12.4. The highest BCUT2D eigenvalue weighted by molar-refractivity contribution is 5.00. The topological polar surface area (TPSA) is 20.2 Å². The molecule has 6 unspecified atom stereocenters. The summed E-state index contributed by atoms with van der Waals surface area (Å²) in [6, 6.07) is 0. The Morgan fingerprint density at radius 1 is 0.889 bits per heavy atom. The van der Waals surface area contributed by atoms with Crippen molar-refractivity contribution in [1.29, 1.82) is 0 Å². The van der Waals surface area contributed by atoms with Crippen LogP contribution in [0.25, 0.3) is 0 Å². The van der Waals surface area contributed by atoms with Crippen molar-refractivity contribution in [3.05, 3.63) is 0 Å². The molecule has 0 amide bonds. The minimum atomic E-state index is -0.0576. The average molecular weight is 250 g/mol. The van der Waals surface area contributed by atoms with Crippen molar-refractivity contribution in [2.24, 2.45) is 35.0 Å². The molecule has 1 nitrogen and oxygen atoms in total. The van der Waals surface area contributed by atoms with Crippen LogP contribution in [0, 0.1) is 35.0 Å². The molecule has 3 rings (SSSR count). The molecule has 0 saturated heterocycles. The molecule has 0 bridgehead atoms. The molecule has 0 aromatic rings. The Bertz CT molecular complexity index is 309. The number of aliphatic hydroxyl groups excluding tert-OH is 1. The van der Waals surface area contributed by atoms with Crippen LogP contribution in [-0.2, 0) is 0 Å². The molecule has 3 saturated carbocycles. The molecule has 1 heteroatoms. The number of aliphatic hydroxyl groups is 1. The average Bonchev–Trinajstić information content (AvgIpc) is 2.33. The summed E-state index contributed by atoms with van der Waals surface area (Å²) in [6.45, 7) is 7.08. The number of hydrogen-bond acceptors (Lipinski definition) is 1. The van der Waals surface area contributed by atoms with E-state index >= 15 is 0 Å². The molecular formula is C17H30O. The Labute approximate surface area is 112 Å². The lowest BCUT2D eigenvalue weighted by molar-refractivity contribution is -0.110. The number of fused-ring (bicyclic) bond motifs is 3. The second-order valence-electron chi connectivity index (χ2n) is 8.10. The molecule has 104 valence electrons. The second-order valence-corrected chi connectivity index (χ2v) is 8.10. The summed E-state index contributed by atoms with van der Waals surface area (Å²) < 4.78 is 0. The lowest BCUT2D eigenvalue weighted by Crippen LogP contribution is -2.51. The van der Waals surface area contributed by atoms with Crippen molar-refractivity contribution >= 4 is 0 Å². The summed E-state index contributed by atoms with van der Waals surface area (Å²) in [5.41, 5.74) is 0.164. The summed E-state index contributed by atoms with van der Waals surface area (Å²) in [4.78, 5) is 0. The molecule has 0 aromatic heterocycles. The predicted octanol–water partition coefficient (Wildman–Crippen LogP) is 4.25. The summed E-state index contributed by atoms with van der Waals surface area (Å²) >= 11 is 0. The third kappa shape index (κ3) is 1.94. The molecular weight excluding hydrogens is 220 g/mol. The Kier molecular flexibility index (Phi) is 3.25. The van der Waals surface area contributed by atoms with Gasteiger partial charge in [0.15, 0.2) is 0 Å². The Balaban J connectivity index is 1.80. The monoisotopic (exact) mass is 250 g/mol. The second kappa shape index (κ2) is 4.51. The van der Waals surface area contributed by atoms with Gasteiger partial charge in [-0.2, -0.15) is 0 Å². The molecule has 3 aliphatic carbocycles. The SMILES string of the molecule is CC1CCC2C(CCC3C2CCC(O)C3(C)C)C1. The Morgan fingerprint density at radius 3 is 2.39 bits per heavy atom. The molecule has 1 N–H and O–H groups in total. The first kappa shape index (κ1) is 13.0. The van der Waals surface area contributed by atoms with Gasteiger partial charge in [0.05, 0.1) is 6.10 Å². The maximum Gasteiger partial charge on any atom is 0.0594 e. The largest absolute Gasteiger partial charge is 0.393 e. The van der Waals surface area contributed by atoms with E-state index in [2.05, 4.69) is 20.8 Å². The fourth-order valence-corrected chi connectivity index (χ4v) is 5.63. The molecule has 0 radical (unpaired) electrons. The van der Waals surface area contributed by atoms with Gasteiger partial charge in [0.2, 0.25) is 0 Å². The van der Waals surface area contributed by atoms with Crippen molar-refractivity contribution in [3.63, 3.8) is 0 Å². The number of hydrogen-bond donors (Lipinski definition) is 1. The molecule has 3 aliphatic rings. The van der Waals surface area contributed by atoms with Gasteiger partial charge >= 0.3 is 0 Å². The minimum absolute atomic E-state index is 0.0576. The van der Waals surface area contributed by atoms with Crippen molar-refractivity contribution < 1.29 is 5.11 Å². The van der Waals surface area contributed by atoms with Gasteiger partial charge in [0, 0.05) is 0 Å². The van der Waals surface area contributed by atoms with Crippen LogP contribution >= 0.6 is 0 Å². The van der Waals surface area contributed by atoms with Crippen molar-refractivity contribution in [1.82, 2.24) is 0 Å². The lowest BCUT2D eigenvalue weighted by Gasteiger charge is -2.56. The van der Waals surface area contributed by atoms with E-state index in [0.717, 1.165) is 36.0 Å². The highest BCUT2D eigenvalue weighted by Gasteiger charge is 2.51. The molecule has 18 heavy (non-hydrogen) atoms. The highest BCUT2D eigenvalue weighted by Crippen LogP contribution is 2.57. The molecule has 0 aromatic carbocycles. The van der Waals surface area contributed by atoms with E-state index in [0.29, 0.717) is 0 Å². The summed E-state index contributed by atoms with van der Waals surface area (Å²) in [6.07, 6.45) is 9.51. The predicted molar refractivity (Wildman–Crippen MR) is 75.2 cm³/mol. The normalized spacial score (nSPS) is 51.3. The van der Waals surface area contributed by atoms with Crippen LogP contribution in [0.5, 0.6) is 0 Å². The van der Waals surface area contributed by atoms with E-state index in [-0.39, 0.29) is 11.5 Å². The Morgan fingerprint density at radius 2 is 1.61 bits per heavy atom. The third-order valence-electron chi connectivity index (χ3n) is 6.81. The van der Waals surface area contributed by atoms with Crippen molar-refractivity contribution in [2.45, 2.75) is 71.8 Å². The van der Waals surface area contributed by atoms with E-state index in [1.54, 1.807) is 0 Å². The fraction of sp³-hybridized carbons (Fsp3) is 1.00. The van der Waals surface area contributed by atoms with Crippen LogP contribution in [0.3, 0.4) is 0 Å². The summed E-state index contributed by atoms with van der Waals surface area (Å²) in [7, 11) is 0. The van der Waals surface area contributed by atoms with Gasteiger partial charge in [-0.05, 0) is 73.5 Å². The Hall–Kier alpha value is -0.0400. The van der Waals surface area contributed by atoms with E-state index in [9.17, 15) is 5.11 Å². The van der Waals surface area contributed by atoms with Crippen LogP contribution in [0.15, 0.2) is 0 Å². The summed E-state index contributed by atoms with van der Waals surface area (Å²) in [5, 5.41) is 10.3. The van der Waals surface area contributed by atoms with E-state index in [4.69, 9.17) is 0 Å². The van der Waals surface area contributed by atoms with Crippen LogP contribution < -0.4 is 0 Å². The maximum absolute atomic E-state index is 10.3. The molecule has 6 atom stereocenters. The van der Waals surface area contributed by atoms with Crippen molar-refractivity contribution in [2.75, 3.05) is 0 Å². The van der Waals surface area contributed by atoms with Crippen LogP contribution in [0.4, 0.5) is 0 Å². The van der Waals surface area contributed by atoms with Crippen LogP contribution in [-0.4, -0.2) is 11.2 Å². The van der Waals surface area contributed by atoms with Gasteiger partial charge in [-0.3, -0.25) is 0 Å². The minimum Gasteiger partial charge on any atom is -0.393 e. The van der Waals surface area contributed by atoms with Gasteiger partial charge in [0.1, 0.15) is 0 Å². The van der Waals surface area contributed by atoms with E-state index in [1.165, 1.54) is 38.5 Å². The van der Waals surface area contributed by atoms with Gasteiger partial charge in [-0.25, -0.2) is 0 Å². The van der Waals surface area contributed by atoms with E-state index < -0.39 is 0 Å². The zero-order chi connectivity index (χ0) is 12.9. The lowest BCUT2D eigenvalue weighted by atomic mass is 9.50. The zero-order valence-corrected chi connectivity index (χ0v) is 12.4. The smallest absolute Gasteiger partial charge is 0.0594 e. The van der Waals surface area contributed by atoms with Gasteiger partial charge in [-0.1, -0.05) is 27.2 Å². The first-order valence-electron chi connectivity index (χ1n) is 8.18. The molecule has 0 spiro atoms. The first-order chi connectivity index (χ1) is 8.50. The third-order valence-corrected chi connectivity index (χ3v) is 6.81. The summed E-state index contributed by atoms with van der Waals surface area (Å²) in [5.74, 6) is 4.68. The molecule has 3 fully saturated rings. The van der Waals surface area contributed by atoms with Gasteiger partial charge < -0.3 is 5.11 Å². The molecule has 0 aliphatic heterocycles. The highest BCUT2D eigenvalue weighted by atomic mass is 16.3. The van der Waals surface area contributed by atoms with E-state index in [1.807, 2.05) is 0 Å². The van der Waals surface area contributed by atoms with Crippen LogP contribution in [0.1, 0.15) is 65.7 Å². The first-order valence-corrected chi connectivity index (χ1v) is 8.18. The quantitative estimate of drug-likeness (QED) is 0.681. The van der Waals surface area contributed by atoms with Gasteiger partial charge in [0.25, 0.3) is 0 Å². The van der Waals surface area contributed by atoms with Crippen molar-refractivity contribution in [3.8, 4) is 0 Å². The molecule has 0 heterocycles.